The van der Waals surface area contributed by atoms with Gasteiger partial charge in [-0.15, -0.1) is 0 Å². The topological polar surface area (TPSA) is 89.3 Å². The third-order valence-corrected chi connectivity index (χ3v) is 5.85. The van der Waals surface area contributed by atoms with Gasteiger partial charge in [-0.2, -0.15) is 0 Å². The van der Waals surface area contributed by atoms with E-state index in [4.69, 9.17) is 9.15 Å². The van der Waals surface area contributed by atoms with Crippen molar-refractivity contribution in [3.8, 4) is 5.75 Å². The molecule has 1 aliphatic rings. The summed E-state index contributed by atoms with van der Waals surface area (Å²) in [6.07, 6.45) is 3.61. The van der Waals surface area contributed by atoms with Gasteiger partial charge in [0.15, 0.2) is 0 Å². The Balaban J connectivity index is 1.66. The predicted octanol–water partition coefficient (Wildman–Crippen LogP) is 4.61. The van der Waals surface area contributed by atoms with Crippen LogP contribution in [0.5, 0.6) is 5.75 Å². The third-order valence-electron chi connectivity index (χ3n) is 5.85. The van der Waals surface area contributed by atoms with Crippen molar-refractivity contribution in [2.75, 3.05) is 12.4 Å². The highest BCUT2D eigenvalue weighted by Gasteiger charge is 2.38. The third kappa shape index (κ3) is 3.60. The fourth-order valence-corrected chi connectivity index (χ4v) is 3.92. The first-order valence-corrected chi connectivity index (χ1v) is 10.2. The van der Waals surface area contributed by atoms with Crippen LogP contribution in [-0.4, -0.2) is 28.5 Å². The summed E-state index contributed by atoms with van der Waals surface area (Å²) < 4.78 is 11.2. The summed E-state index contributed by atoms with van der Waals surface area (Å²) in [5.74, 6) is 1.84. The summed E-state index contributed by atoms with van der Waals surface area (Å²) in [4.78, 5) is 21.9. The predicted molar refractivity (Wildman–Crippen MR) is 116 cm³/mol. The molecule has 1 aromatic carbocycles. The number of carbonyl (C=O) groups excluding carboxylic acids is 1. The van der Waals surface area contributed by atoms with Crippen LogP contribution in [0.25, 0.3) is 11.1 Å². The SMILES string of the molecule is COc1c(C)cc(C(C)NC(=O)c2c(C)oc3ncnc(NC4(C)CC4)c23)cc1C. The van der Waals surface area contributed by atoms with Crippen LogP contribution in [0.3, 0.4) is 0 Å². The number of carbonyl (C=O) groups is 1. The average Bonchev–Trinajstić information content (AvgIpc) is 3.29. The lowest BCUT2D eigenvalue weighted by atomic mass is 10.0. The zero-order valence-corrected chi connectivity index (χ0v) is 18.3. The standard InChI is InChI=1S/C23H28N4O3/c1-12-9-16(10-13(2)19(12)29-6)14(3)26-21(28)17-15(4)30-22-18(17)20(24-11-25-22)27-23(5)7-8-23/h9-11,14H,7-8H2,1-6H3,(H,26,28)(H,24,25,27). The summed E-state index contributed by atoms with van der Waals surface area (Å²) in [6, 6.07) is 3.90. The van der Waals surface area contributed by atoms with Crippen LogP contribution in [-0.2, 0) is 0 Å². The van der Waals surface area contributed by atoms with Crippen LogP contribution < -0.4 is 15.4 Å². The first-order chi connectivity index (χ1) is 14.2. The molecule has 7 nitrogen and oxygen atoms in total. The molecule has 0 radical (unpaired) electrons. The van der Waals surface area contributed by atoms with Gasteiger partial charge in [-0.25, -0.2) is 9.97 Å². The summed E-state index contributed by atoms with van der Waals surface area (Å²) >= 11 is 0. The highest BCUT2D eigenvalue weighted by atomic mass is 16.5. The Labute approximate surface area is 176 Å². The first-order valence-electron chi connectivity index (χ1n) is 10.2. The van der Waals surface area contributed by atoms with E-state index in [-0.39, 0.29) is 17.5 Å². The number of nitrogens with zero attached hydrogens (tertiary/aromatic N) is 2. The lowest BCUT2D eigenvalue weighted by molar-refractivity contribution is 0.0939. The van der Waals surface area contributed by atoms with Gasteiger partial charge in [-0.3, -0.25) is 4.79 Å². The molecule has 2 aromatic heterocycles. The number of hydrogen-bond acceptors (Lipinski definition) is 6. The Kier molecular flexibility index (Phi) is 4.92. The number of amides is 1. The quantitative estimate of drug-likeness (QED) is 0.619. The average molecular weight is 409 g/mol. The van der Waals surface area contributed by atoms with E-state index in [0.29, 0.717) is 28.2 Å². The number of furan rings is 1. The second kappa shape index (κ2) is 7.31. The van der Waals surface area contributed by atoms with Crippen LogP contribution >= 0.6 is 0 Å². The Morgan fingerprint density at radius 1 is 1.20 bits per heavy atom. The smallest absolute Gasteiger partial charge is 0.256 e. The molecule has 1 unspecified atom stereocenters. The van der Waals surface area contributed by atoms with Crippen LogP contribution in [0.1, 0.15) is 65.5 Å². The molecule has 1 amide bonds. The Morgan fingerprint density at radius 2 is 1.87 bits per heavy atom. The van der Waals surface area contributed by atoms with Crippen LogP contribution in [0.2, 0.25) is 0 Å². The largest absolute Gasteiger partial charge is 0.496 e. The minimum absolute atomic E-state index is 0.0195. The molecule has 2 N–H and O–H groups in total. The molecular weight excluding hydrogens is 380 g/mol. The highest BCUT2D eigenvalue weighted by Crippen LogP contribution is 2.40. The van der Waals surface area contributed by atoms with Crippen molar-refractivity contribution < 1.29 is 13.9 Å². The van der Waals surface area contributed by atoms with Gasteiger partial charge in [0.25, 0.3) is 5.91 Å². The molecule has 1 saturated carbocycles. The van der Waals surface area contributed by atoms with Crippen molar-refractivity contribution in [2.45, 2.75) is 59.0 Å². The fraction of sp³-hybridized carbons (Fsp3) is 0.435. The molecule has 0 saturated heterocycles. The van der Waals surface area contributed by atoms with Crippen LogP contribution in [0, 0.1) is 20.8 Å². The number of nitrogens with one attached hydrogen (secondary N) is 2. The van der Waals surface area contributed by atoms with Crippen molar-refractivity contribution in [3.63, 3.8) is 0 Å². The van der Waals surface area contributed by atoms with E-state index in [1.807, 2.05) is 32.9 Å². The van der Waals surface area contributed by atoms with Gasteiger partial charge in [-0.1, -0.05) is 12.1 Å². The number of methoxy groups -OCH3 is 1. The first kappa shape index (κ1) is 20.2. The molecule has 0 spiro atoms. The molecule has 1 atom stereocenters. The van der Waals surface area contributed by atoms with E-state index in [2.05, 4.69) is 27.5 Å². The number of fused-ring (bicyclic) bond motifs is 1. The number of benzene rings is 1. The van der Waals surface area contributed by atoms with E-state index in [1.54, 1.807) is 14.0 Å². The summed E-state index contributed by atoms with van der Waals surface area (Å²) in [7, 11) is 1.67. The molecule has 0 bridgehead atoms. The number of rotatable bonds is 6. The molecule has 2 heterocycles. The summed E-state index contributed by atoms with van der Waals surface area (Å²) in [5, 5.41) is 7.19. The van der Waals surface area contributed by atoms with E-state index in [0.717, 1.165) is 35.3 Å². The second-order valence-electron chi connectivity index (χ2n) is 8.50. The number of aryl methyl sites for hydroxylation is 3. The van der Waals surface area contributed by atoms with Gasteiger partial charge in [-0.05, 0) is 64.2 Å². The Hall–Kier alpha value is -3.09. The lowest BCUT2D eigenvalue weighted by Crippen LogP contribution is -2.27. The minimum atomic E-state index is -0.205. The molecule has 1 fully saturated rings. The van der Waals surface area contributed by atoms with Gasteiger partial charge in [0.2, 0.25) is 5.71 Å². The molecule has 0 aliphatic heterocycles. The molecule has 30 heavy (non-hydrogen) atoms. The molecule has 7 heteroatoms. The van der Waals surface area contributed by atoms with E-state index in [1.165, 1.54) is 6.33 Å². The van der Waals surface area contributed by atoms with Gasteiger partial charge in [0, 0.05) is 5.54 Å². The fourth-order valence-electron chi connectivity index (χ4n) is 3.92. The van der Waals surface area contributed by atoms with E-state index >= 15 is 0 Å². The van der Waals surface area contributed by atoms with E-state index < -0.39 is 0 Å². The lowest BCUT2D eigenvalue weighted by Gasteiger charge is -2.18. The van der Waals surface area contributed by atoms with Gasteiger partial charge in [0.1, 0.15) is 23.7 Å². The van der Waals surface area contributed by atoms with Crippen molar-refractivity contribution >= 4 is 22.8 Å². The molecule has 1 aliphatic carbocycles. The van der Waals surface area contributed by atoms with Gasteiger partial charge in [0.05, 0.1) is 24.1 Å². The summed E-state index contributed by atoms with van der Waals surface area (Å²) in [6.45, 7) is 9.91. The van der Waals surface area contributed by atoms with Crippen molar-refractivity contribution in [2.24, 2.45) is 0 Å². The Morgan fingerprint density at radius 3 is 2.47 bits per heavy atom. The van der Waals surface area contributed by atoms with Crippen molar-refractivity contribution in [1.29, 1.82) is 0 Å². The minimum Gasteiger partial charge on any atom is -0.496 e. The highest BCUT2D eigenvalue weighted by molar-refractivity contribution is 6.10. The maximum atomic E-state index is 13.3. The van der Waals surface area contributed by atoms with Gasteiger partial charge < -0.3 is 19.8 Å². The van der Waals surface area contributed by atoms with Crippen LogP contribution in [0.15, 0.2) is 22.9 Å². The number of hydrogen-bond donors (Lipinski definition) is 2. The van der Waals surface area contributed by atoms with Gasteiger partial charge >= 0.3 is 0 Å². The zero-order valence-electron chi connectivity index (χ0n) is 18.3. The zero-order chi connectivity index (χ0) is 21.6. The maximum Gasteiger partial charge on any atom is 0.256 e. The normalized spacial score (nSPS) is 15.7. The second-order valence-corrected chi connectivity index (χ2v) is 8.50. The number of aromatic nitrogens is 2. The van der Waals surface area contributed by atoms with Crippen LogP contribution in [0.4, 0.5) is 5.82 Å². The number of ether oxygens (including phenoxy) is 1. The molecule has 3 aromatic rings. The molecule has 158 valence electrons. The van der Waals surface area contributed by atoms with E-state index in [9.17, 15) is 4.79 Å². The van der Waals surface area contributed by atoms with Crippen molar-refractivity contribution in [1.82, 2.24) is 15.3 Å². The molecular formula is C23H28N4O3. The number of anilines is 1. The Bertz CT molecular complexity index is 1110. The van der Waals surface area contributed by atoms with Crippen molar-refractivity contribution in [3.05, 3.63) is 46.5 Å². The maximum absolute atomic E-state index is 13.3. The summed E-state index contributed by atoms with van der Waals surface area (Å²) in [5.41, 5.74) is 4.01. The monoisotopic (exact) mass is 408 g/mol. The molecule has 4 rings (SSSR count).